The molecule has 1 amide bonds. The lowest BCUT2D eigenvalue weighted by Gasteiger charge is -2.20. The second kappa shape index (κ2) is 8.74. The van der Waals surface area contributed by atoms with Gasteiger partial charge in [0, 0.05) is 5.56 Å². The minimum Gasteiger partial charge on any atom is -0.495 e. The summed E-state index contributed by atoms with van der Waals surface area (Å²) in [6.45, 7) is 1.93. The zero-order chi connectivity index (χ0) is 19.9. The molecule has 0 fully saturated rings. The molecule has 3 aromatic rings. The normalized spacial score (nSPS) is 11.2. The third-order valence-electron chi connectivity index (χ3n) is 4.21. The minimum absolute atomic E-state index is 0.352. The summed E-state index contributed by atoms with van der Waals surface area (Å²) >= 11 is 0. The van der Waals surface area contributed by atoms with Crippen LogP contribution < -0.4 is 14.8 Å². The van der Waals surface area contributed by atoms with Crippen molar-refractivity contribution in [2.45, 2.75) is 13.0 Å². The summed E-state index contributed by atoms with van der Waals surface area (Å²) in [5.74, 6) is 0.552. The predicted octanol–water partition coefficient (Wildman–Crippen LogP) is 4.63. The van der Waals surface area contributed by atoms with Gasteiger partial charge in [-0.25, -0.2) is 0 Å². The Hall–Kier alpha value is -3.78. The van der Waals surface area contributed by atoms with E-state index in [2.05, 4.69) is 11.4 Å². The number of nitriles is 1. The number of para-hydroxylation sites is 1. The Morgan fingerprint density at radius 1 is 1.00 bits per heavy atom. The van der Waals surface area contributed by atoms with Crippen molar-refractivity contribution in [3.05, 3.63) is 89.5 Å². The van der Waals surface area contributed by atoms with Crippen molar-refractivity contribution < 1.29 is 14.3 Å². The van der Waals surface area contributed by atoms with Crippen LogP contribution in [0.25, 0.3) is 0 Å². The number of hydrogen-bond donors (Lipinski definition) is 1. The second-order valence-corrected chi connectivity index (χ2v) is 6.21. The van der Waals surface area contributed by atoms with Crippen LogP contribution in [-0.4, -0.2) is 13.0 Å². The Kier molecular flexibility index (Phi) is 5.93. The fourth-order valence-electron chi connectivity index (χ4n) is 2.81. The van der Waals surface area contributed by atoms with Crippen LogP contribution in [0.4, 0.5) is 5.69 Å². The molecular weight excluding hydrogens is 352 g/mol. The van der Waals surface area contributed by atoms with Gasteiger partial charge in [-0.3, -0.25) is 4.79 Å². The highest BCUT2D eigenvalue weighted by atomic mass is 16.5. The summed E-state index contributed by atoms with van der Waals surface area (Å²) in [7, 11) is 1.55. The third-order valence-corrected chi connectivity index (χ3v) is 4.21. The number of benzene rings is 3. The number of ether oxygens (including phenoxy) is 2. The van der Waals surface area contributed by atoms with Gasteiger partial charge >= 0.3 is 0 Å². The quantitative estimate of drug-likeness (QED) is 0.684. The zero-order valence-electron chi connectivity index (χ0n) is 15.7. The number of nitrogens with zero attached hydrogens (tertiary/aromatic N) is 1. The van der Waals surface area contributed by atoms with Crippen LogP contribution in [-0.2, 0) is 4.79 Å². The number of aryl methyl sites for hydroxylation is 1. The number of carbonyl (C=O) groups excluding carboxylic acids is 1. The Morgan fingerprint density at radius 3 is 2.43 bits per heavy atom. The van der Waals surface area contributed by atoms with Gasteiger partial charge in [0.25, 0.3) is 5.91 Å². The monoisotopic (exact) mass is 372 g/mol. The van der Waals surface area contributed by atoms with E-state index >= 15 is 0 Å². The maximum absolute atomic E-state index is 13.1. The van der Waals surface area contributed by atoms with Crippen LogP contribution in [0.3, 0.4) is 0 Å². The SMILES string of the molecule is COc1ccc(C)cc1NC(=O)[C@@H](Oc1ccccc1C#N)c1ccccc1. The van der Waals surface area contributed by atoms with E-state index < -0.39 is 6.10 Å². The van der Waals surface area contributed by atoms with Crippen molar-refractivity contribution in [3.63, 3.8) is 0 Å². The van der Waals surface area contributed by atoms with E-state index in [0.717, 1.165) is 5.56 Å². The first kappa shape index (κ1) is 19.0. The molecule has 1 atom stereocenters. The fourth-order valence-corrected chi connectivity index (χ4v) is 2.81. The van der Waals surface area contributed by atoms with E-state index in [1.54, 1.807) is 37.4 Å². The maximum atomic E-state index is 13.1. The summed E-state index contributed by atoms with van der Waals surface area (Å²) in [6, 6.07) is 23.6. The standard InChI is InChI=1S/C23H20N2O3/c1-16-12-13-21(27-2)19(14-16)25-23(26)22(17-8-4-3-5-9-17)28-20-11-7-6-10-18(20)15-24/h3-14,22H,1-2H3,(H,25,26)/t22-/m0/s1. The van der Waals surface area contributed by atoms with Crippen LogP contribution >= 0.6 is 0 Å². The Balaban J connectivity index is 1.95. The topological polar surface area (TPSA) is 71.3 Å². The maximum Gasteiger partial charge on any atom is 0.270 e. The highest BCUT2D eigenvalue weighted by Gasteiger charge is 2.24. The summed E-state index contributed by atoms with van der Waals surface area (Å²) in [4.78, 5) is 13.1. The van der Waals surface area contributed by atoms with Crippen molar-refractivity contribution in [2.24, 2.45) is 0 Å². The molecule has 0 aromatic heterocycles. The number of rotatable bonds is 6. The first-order chi connectivity index (χ1) is 13.6. The molecule has 28 heavy (non-hydrogen) atoms. The number of amides is 1. The van der Waals surface area contributed by atoms with Crippen LogP contribution in [0.15, 0.2) is 72.8 Å². The largest absolute Gasteiger partial charge is 0.495 e. The minimum atomic E-state index is -0.930. The number of carbonyl (C=O) groups is 1. The van der Waals surface area contributed by atoms with E-state index in [4.69, 9.17) is 9.47 Å². The van der Waals surface area contributed by atoms with Gasteiger partial charge in [0.15, 0.2) is 0 Å². The van der Waals surface area contributed by atoms with Crippen LogP contribution in [0.1, 0.15) is 22.8 Å². The van der Waals surface area contributed by atoms with Gasteiger partial charge in [-0.05, 0) is 36.8 Å². The smallest absolute Gasteiger partial charge is 0.270 e. The predicted molar refractivity (Wildman–Crippen MR) is 107 cm³/mol. The van der Waals surface area contributed by atoms with Gasteiger partial charge in [-0.15, -0.1) is 0 Å². The van der Waals surface area contributed by atoms with E-state index in [-0.39, 0.29) is 5.91 Å². The van der Waals surface area contributed by atoms with Crippen molar-refractivity contribution in [3.8, 4) is 17.6 Å². The molecule has 0 bridgehead atoms. The van der Waals surface area contributed by atoms with Crippen molar-refractivity contribution in [1.29, 1.82) is 5.26 Å². The first-order valence-corrected chi connectivity index (χ1v) is 8.78. The second-order valence-electron chi connectivity index (χ2n) is 6.21. The summed E-state index contributed by atoms with van der Waals surface area (Å²) < 4.78 is 11.3. The molecule has 0 aliphatic carbocycles. The highest BCUT2D eigenvalue weighted by Crippen LogP contribution is 2.29. The fraction of sp³-hybridized carbons (Fsp3) is 0.130. The van der Waals surface area contributed by atoms with Gasteiger partial charge < -0.3 is 14.8 Å². The summed E-state index contributed by atoms with van der Waals surface area (Å²) in [6.07, 6.45) is -0.930. The molecule has 0 saturated carbocycles. The third kappa shape index (κ3) is 4.30. The lowest BCUT2D eigenvalue weighted by Crippen LogP contribution is -2.26. The summed E-state index contributed by atoms with van der Waals surface area (Å²) in [5, 5.41) is 12.2. The Labute approximate surface area is 164 Å². The molecule has 3 aromatic carbocycles. The van der Waals surface area contributed by atoms with Gasteiger partial charge in [0.2, 0.25) is 6.10 Å². The number of methoxy groups -OCH3 is 1. The molecule has 0 radical (unpaired) electrons. The van der Waals surface area contributed by atoms with Crippen molar-refractivity contribution in [1.82, 2.24) is 0 Å². The number of hydrogen-bond acceptors (Lipinski definition) is 4. The lowest BCUT2D eigenvalue weighted by molar-refractivity contribution is -0.123. The molecule has 5 nitrogen and oxygen atoms in total. The highest BCUT2D eigenvalue weighted by molar-refractivity contribution is 5.96. The van der Waals surface area contributed by atoms with E-state index in [9.17, 15) is 10.1 Å². The molecule has 1 N–H and O–H groups in total. The van der Waals surface area contributed by atoms with Crippen LogP contribution in [0.5, 0.6) is 11.5 Å². The van der Waals surface area contributed by atoms with Crippen LogP contribution in [0.2, 0.25) is 0 Å². The molecular formula is C23H20N2O3. The van der Waals surface area contributed by atoms with Gasteiger partial charge in [-0.2, -0.15) is 5.26 Å². The van der Waals surface area contributed by atoms with E-state index in [0.29, 0.717) is 28.3 Å². The molecule has 0 unspecified atom stereocenters. The Bertz CT molecular complexity index is 1010. The molecule has 5 heteroatoms. The van der Waals surface area contributed by atoms with Gasteiger partial charge in [0.05, 0.1) is 18.4 Å². The molecule has 0 saturated heterocycles. The average Bonchev–Trinajstić information content (AvgIpc) is 2.73. The Morgan fingerprint density at radius 2 is 1.71 bits per heavy atom. The molecule has 140 valence electrons. The molecule has 0 spiro atoms. The van der Waals surface area contributed by atoms with Crippen molar-refractivity contribution >= 4 is 11.6 Å². The van der Waals surface area contributed by atoms with Crippen LogP contribution in [0, 0.1) is 18.3 Å². The molecule has 0 heterocycles. The zero-order valence-corrected chi connectivity index (χ0v) is 15.7. The van der Waals surface area contributed by atoms with Crippen molar-refractivity contribution in [2.75, 3.05) is 12.4 Å². The number of nitrogens with one attached hydrogen (secondary N) is 1. The van der Waals surface area contributed by atoms with E-state index in [1.807, 2.05) is 49.4 Å². The number of anilines is 1. The molecule has 3 rings (SSSR count). The first-order valence-electron chi connectivity index (χ1n) is 8.78. The van der Waals surface area contributed by atoms with Gasteiger partial charge in [0.1, 0.15) is 17.6 Å². The lowest BCUT2D eigenvalue weighted by atomic mass is 10.1. The average molecular weight is 372 g/mol. The van der Waals surface area contributed by atoms with Gasteiger partial charge in [-0.1, -0.05) is 48.5 Å². The summed E-state index contributed by atoms with van der Waals surface area (Å²) in [5.41, 5.74) is 2.59. The van der Waals surface area contributed by atoms with E-state index in [1.165, 1.54) is 0 Å². The molecule has 0 aliphatic rings. The molecule has 0 aliphatic heterocycles.